The molecule has 0 saturated heterocycles. The van der Waals surface area contributed by atoms with E-state index in [1.807, 2.05) is 30.3 Å². The summed E-state index contributed by atoms with van der Waals surface area (Å²) in [5, 5.41) is 2.51. The second-order valence-electron chi connectivity index (χ2n) is 3.47. The van der Waals surface area contributed by atoms with Crippen LogP contribution in [0.25, 0.3) is 0 Å². The summed E-state index contributed by atoms with van der Waals surface area (Å²) in [7, 11) is 0. The number of nitrogens with two attached hydrogens (primary N) is 1. The second kappa shape index (κ2) is 5.11. The summed E-state index contributed by atoms with van der Waals surface area (Å²) in [6, 6.07) is 8.50. The molecule has 2 amide bonds. The minimum atomic E-state index is -1.17. The summed E-state index contributed by atoms with van der Waals surface area (Å²) < 4.78 is 0. The van der Waals surface area contributed by atoms with Gasteiger partial charge in [0, 0.05) is 4.90 Å². The largest absolute Gasteiger partial charge is 0.312 e. The van der Waals surface area contributed by atoms with E-state index in [1.165, 1.54) is 11.8 Å². The fourth-order valence-electron chi connectivity index (χ4n) is 1.30. The van der Waals surface area contributed by atoms with Crippen molar-refractivity contribution in [2.45, 2.75) is 10.9 Å². The van der Waals surface area contributed by atoms with Crippen molar-refractivity contribution in [2.24, 2.45) is 10.7 Å². The molecule has 1 aromatic rings. The zero-order valence-corrected chi connectivity index (χ0v) is 9.74. The molecule has 1 unspecified atom stereocenters. The Hall–Kier alpha value is -1.66. The molecule has 1 heterocycles. The maximum absolute atomic E-state index is 11.3. The molecule has 0 bridgehead atoms. The topological polar surface area (TPSA) is 84.6 Å². The number of nitrogens with one attached hydrogen (secondary N) is 1. The Morgan fingerprint density at radius 3 is 2.65 bits per heavy atom. The van der Waals surface area contributed by atoms with Crippen LogP contribution in [0, 0.1) is 0 Å². The zero-order valence-electron chi connectivity index (χ0n) is 8.92. The monoisotopic (exact) mass is 249 g/mol. The molecule has 1 aromatic carbocycles. The fraction of sp³-hybridized carbons (Fsp3) is 0.182. The molecule has 0 saturated carbocycles. The summed E-state index contributed by atoms with van der Waals surface area (Å²) >= 11 is 1.49. The van der Waals surface area contributed by atoms with Crippen LogP contribution in [0.5, 0.6) is 0 Å². The van der Waals surface area contributed by atoms with Gasteiger partial charge < -0.3 is 11.1 Å². The van der Waals surface area contributed by atoms with E-state index in [-0.39, 0.29) is 0 Å². The van der Waals surface area contributed by atoms with Crippen molar-refractivity contribution >= 4 is 29.4 Å². The number of amides is 2. The van der Waals surface area contributed by atoms with Crippen molar-refractivity contribution < 1.29 is 9.59 Å². The Morgan fingerprint density at radius 2 is 2.00 bits per heavy atom. The molecular weight excluding hydrogens is 238 g/mol. The Kier molecular flexibility index (Phi) is 3.55. The molecule has 0 fully saturated rings. The predicted octanol–water partition coefficient (Wildman–Crippen LogP) is 0.161. The van der Waals surface area contributed by atoms with Gasteiger partial charge in [-0.1, -0.05) is 18.2 Å². The van der Waals surface area contributed by atoms with Crippen LogP contribution in [0.1, 0.15) is 0 Å². The van der Waals surface area contributed by atoms with Crippen molar-refractivity contribution in [1.82, 2.24) is 5.32 Å². The van der Waals surface area contributed by atoms with E-state index in [2.05, 4.69) is 10.3 Å². The molecule has 1 aliphatic rings. The van der Waals surface area contributed by atoms with Crippen LogP contribution in [-0.2, 0) is 9.59 Å². The van der Waals surface area contributed by atoms with Gasteiger partial charge in [0.25, 0.3) is 11.8 Å². The lowest BCUT2D eigenvalue weighted by Gasteiger charge is -2.16. The third kappa shape index (κ3) is 2.92. The van der Waals surface area contributed by atoms with E-state index < -0.39 is 17.9 Å². The van der Waals surface area contributed by atoms with Crippen molar-refractivity contribution in [1.29, 1.82) is 0 Å². The van der Waals surface area contributed by atoms with Crippen molar-refractivity contribution in [3.8, 4) is 0 Å². The molecule has 3 N–H and O–H groups in total. The third-order valence-electron chi connectivity index (χ3n) is 2.18. The van der Waals surface area contributed by atoms with Gasteiger partial charge in [-0.05, 0) is 12.1 Å². The maximum Gasteiger partial charge on any atom is 0.274 e. The molecule has 6 heteroatoms. The lowest BCUT2D eigenvalue weighted by atomic mass is 10.2. The quantitative estimate of drug-likeness (QED) is 0.590. The van der Waals surface area contributed by atoms with E-state index >= 15 is 0 Å². The lowest BCUT2D eigenvalue weighted by molar-refractivity contribution is -0.129. The number of nitrogens with zero attached hydrogens (tertiary/aromatic N) is 1. The van der Waals surface area contributed by atoms with Gasteiger partial charge in [0.1, 0.15) is 5.84 Å². The summed E-state index contributed by atoms with van der Waals surface area (Å²) in [5.74, 6) is -0.282. The molecule has 1 aliphatic heterocycles. The summed E-state index contributed by atoms with van der Waals surface area (Å²) in [6.07, 6.45) is 0. The third-order valence-corrected chi connectivity index (χ3v) is 3.20. The van der Waals surface area contributed by atoms with E-state index in [1.54, 1.807) is 0 Å². The van der Waals surface area contributed by atoms with Gasteiger partial charge in [-0.3, -0.25) is 9.59 Å². The highest BCUT2D eigenvalue weighted by Crippen LogP contribution is 2.17. The number of hydrogen-bond acceptors (Lipinski definition) is 4. The van der Waals surface area contributed by atoms with Gasteiger partial charge >= 0.3 is 0 Å². The number of benzene rings is 1. The molecule has 2 rings (SSSR count). The van der Waals surface area contributed by atoms with Gasteiger partial charge in [-0.2, -0.15) is 4.99 Å². The van der Waals surface area contributed by atoms with E-state index in [4.69, 9.17) is 5.73 Å². The van der Waals surface area contributed by atoms with E-state index in [9.17, 15) is 9.59 Å². The number of aliphatic imine (C=N–C) groups is 1. The van der Waals surface area contributed by atoms with E-state index in [0.29, 0.717) is 11.6 Å². The van der Waals surface area contributed by atoms with Crippen LogP contribution < -0.4 is 11.1 Å². The number of thioether (sulfide) groups is 1. The first-order valence-electron chi connectivity index (χ1n) is 5.02. The van der Waals surface area contributed by atoms with Crippen molar-refractivity contribution in [3.05, 3.63) is 30.3 Å². The molecule has 17 heavy (non-hydrogen) atoms. The number of hydrogen-bond donors (Lipinski definition) is 2. The highest BCUT2D eigenvalue weighted by molar-refractivity contribution is 8.00. The molecule has 1 atom stereocenters. The highest BCUT2D eigenvalue weighted by Gasteiger charge is 2.27. The number of carbonyl (C=O) groups is 2. The first-order valence-corrected chi connectivity index (χ1v) is 6.01. The smallest absolute Gasteiger partial charge is 0.274 e. The Bertz CT molecular complexity index is 473. The molecule has 0 radical (unpaired) electrons. The second-order valence-corrected chi connectivity index (χ2v) is 4.51. The van der Waals surface area contributed by atoms with Crippen molar-refractivity contribution in [3.63, 3.8) is 0 Å². The summed E-state index contributed by atoms with van der Waals surface area (Å²) in [4.78, 5) is 27.3. The summed E-state index contributed by atoms with van der Waals surface area (Å²) in [6.45, 7) is 0. The first kappa shape index (κ1) is 11.8. The zero-order chi connectivity index (χ0) is 12.3. The minimum Gasteiger partial charge on any atom is -0.312 e. The van der Waals surface area contributed by atoms with Crippen LogP contribution in [-0.4, -0.2) is 29.4 Å². The van der Waals surface area contributed by atoms with Gasteiger partial charge in [-0.25, -0.2) is 0 Å². The summed E-state index contributed by atoms with van der Waals surface area (Å²) in [5.41, 5.74) is 5.32. The maximum atomic E-state index is 11.3. The molecule has 5 nitrogen and oxygen atoms in total. The predicted molar refractivity (Wildman–Crippen MR) is 65.7 cm³/mol. The van der Waals surface area contributed by atoms with Gasteiger partial charge in [0.2, 0.25) is 0 Å². The Labute approximate surface area is 102 Å². The Morgan fingerprint density at radius 1 is 1.29 bits per heavy atom. The molecule has 0 aromatic heterocycles. The van der Waals surface area contributed by atoms with Gasteiger partial charge in [0.05, 0.1) is 5.75 Å². The van der Waals surface area contributed by atoms with Crippen LogP contribution in [0.4, 0.5) is 0 Å². The minimum absolute atomic E-state index is 0.357. The average molecular weight is 249 g/mol. The normalized spacial score (nSPS) is 19.8. The van der Waals surface area contributed by atoms with Crippen LogP contribution in [0.15, 0.2) is 40.2 Å². The highest BCUT2D eigenvalue weighted by atomic mass is 32.2. The van der Waals surface area contributed by atoms with Crippen molar-refractivity contribution in [2.75, 3.05) is 5.75 Å². The molecule has 0 spiro atoms. The van der Waals surface area contributed by atoms with Crippen LogP contribution in [0.3, 0.4) is 0 Å². The molecular formula is C11H11N3O2S. The molecule has 0 aliphatic carbocycles. The Balaban J connectivity index is 1.99. The van der Waals surface area contributed by atoms with Crippen LogP contribution >= 0.6 is 11.8 Å². The standard InChI is InChI=1S/C11H11N3O2S/c12-9-10(15)13-8(14-11(9)16)6-17-7-4-2-1-3-5-7/h1-5,9H,6,12H2,(H,13,14,15,16). The van der Waals surface area contributed by atoms with Gasteiger partial charge in [0.15, 0.2) is 6.04 Å². The van der Waals surface area contributed by atoms with Gasteiger partial charge in [-0.15, -0.1) is 11.8 Å². The fourth-order valence-corrected chi connectivity index (χ4v) is 2.09. The van der Waals surface area contributed by atoms with E-state index in [0.717, 1.165) is 4.90 Å². The SMILES string of the molecule is NC1C(=O)N=C(CSc2ccccc2)NC1=O. The molecule has 88 valence electrons. The average Bonchev–Trinajstić information content (AvgIpc) is 2.34. The number of amidine groups is 1. The van der Waals surface area contributed by atoms with Crippen LogP contribution in [0.2, 0.25) is 0 Å². The first-order chi connectivity index (χ1) is 8.16. The number of carbonyl (C=O) groups excluding carboxylic acids is 2. The number of rotatable bonds is 3. The lowest BCUT2D eigenvalue weighted by Crippen LogP contribution is -2.52.